The van der Waals surface area contributed by atoms with E-state index in [9.17, 15) is 19.5 Å². The van der Waals surface area contributed by atoms with E-state index in [0.717, 1.165) is 41.8 Å². The van der Waals surface area contributed by atoms with Crippen molar-refractivity contribution in [1.82, 2.24) is 0 Å². The summed E-state index contributed by atoms with van der Waals surface area (Å²) in [4.78, 5) is 37.6. The fourth-order valence-electron chi connectivity index (χ4n) is 3.85. The van der Waals surface area contributed by atoms with Gasteiger partial charge in [-0.25, -0.2) is 4.79 Å². The molecule has 2 aromatic rings. The Kier molecular flexibility index (Phi) is 8.33. The SMILES string of the molecule is CCC(Sc1cccc(NC(=O)C2CCCCC2)c1)C(=O)Nc1cc(C(=O)O)ccc1C. The highest BCUT2D eigenvalue weighted by Gasteiger charge is 2.22. The Morgan fingerprint density at radius 1 is 1.06 bits per heavy atom. The first-order valence-electron chi connectivity index (χ1n) is 11.1. The van der Waals surface area contributed by atoms with Gasteiger partial charge in [-0.15, -0.1) is 11.8 Å². The third-order valence-corrected chi connectivity index (χ3v) is 7.12. The first kappa shape index (κ1) is 23.9. The number of aryl methyl sites for hydroxylation is 1. The topological polar surface area (TPSA) is 95.5 Å². The van der Waals surface area contributed by atoms with E-state index in [-0.39, 0.29) is 28.5 Å². The molecule has 6 nitrogen and oxygen atoms in total. The molecule has 3 rings (SSSR count). The van der Waals surface area contributed by atoms with Gasteiger partial charge in [0, 0.05) is 22.2 Å². The Hall–Kier alpha value is -2.80. The standard InChI is InChI=1S/C25H30N2O4S/c1-3-22(24(29)27-21-14-18(25(30)31)13-12-16(21)2)32-20-11-7-10-19(15-20)26-23(28)17-8-5-4-6-9-17/h7,10-15,17,22H,3-6,8-9H2,1-2H3,(H,26,28)(H,27,29)(H,30,31). The number of amides is 2. The molecule has 1 fully saturated rings. The van der Waals surface area contributed by atoms with Gasteiger partial charge in [-0.3, -0.25) is 9.59 Å². The van der Waals surface area contributed by atoms with Crippen LogP contribution in [-0.2, 0) is 9.59 Å². The zero-order valence-electron chi connectivity index (χ0n) is 18.5. The van der Waals surface area contributed by atoms with Gasteiger partial charge in [0.1, 0.15) is 0 Å². The van der Waals surface area contributed by atoms with Crippen molar-refractivity contribution in [2.75, 3.05) is 10.6 Å². The molecule has 0 bridgehead atoms. The molecule has 0 aromatic heterocycles. The molecule has 1 aliphatic carbocycles. The van der Waals surface area contributed by atoms with Gasteiger partial charge in [0.2, 0.25) is 11.8 Å². The van der Waals surface area contributed by atoms with Gasteiger partial charge < -0.3 is 15.7 Å². The maximum atomic E-state index is 12.9. The number of hydrogen-bond acceptors (Lipinski definition) is 4. The monoisotopic (exact) mass is 454 g/mol. The van der Waals surface area contributed by atoms with E-state index < -0.39 is 5.97 Å². The minimum atomic E-state index is -1.03. The van der Waals surface area contributed by atoms with Gasteiger partial charge in [0.05, 0.1) is 10.8 Å². The zero-order valence-corrected chi connectivity index (χ0v) is 19.3. The van der Waals surface area contributed by atoms with Crippen molar-refractivity contribution in [3.63, 3.8) is 0 Å². The van der Waals surface area contributed by atoms with Crippen LogP contribution in [-0.4, -0.2) is 28.1 Å². The largest absolute Gasteiger partial charge is 0.478 e. The first-order valence-corrected chi connectivity index (χ1v) is 12.0. The summed E-state index contributed by atoms with van der Waals surface area (Å²) in [5, 5.41) is 14.8. The van der Waals surface area contributed by atoms with Gasteiger partial charge in [-0.2, -0.15) is 0 Å². The Bertz CT molecular complexity index is 986. The molecule has 0 saturated heterocycles. The normalized spacial score (nSPS) is 15.1. The molecular formula is C25H30N2O4S. The van der Waals surface area contributed by atoms with Crippen LogP contribution in [0.3, 0.4) is 0 Å². The fraction of sp³-hybridized carbons (Fsp3) is 0.400. The van der Waals surface area contributed by atoms with Gasteiger partial charge in [0.15, 0.2) is 0 Å². The molecule has 3 N–H and O–H groups in total. The van der Waals surface area contributed by atoms with Crippen molar-refractivity contribution >= 4 is 40.9 Å². The van der Waals surface area contributed by atoms with Crippen molar-refractivity contribution in [2.24, 2.45) is 5.92 Å². The number of carbonyl (C=O) groups excluding carboxylic acids is 2. The lowest BCUT2D eigenvalue weighted by Crippen LogP contribution is -2.25. The number of rotatable bonds is 8. The molecule has 32 heavy (non-hydrogen) atoms. The molecule has 0 aliphatic heterocycles. The minimum Gasteiger partial charge on any atom is -0.478 e. The van der Waals surface area contributed by atoms with Crippen LogP contribution in [0.4, 0.5) is 11.4 Å². The van der Waals surface area contributed by atoms with Crippen molar-refractivity contribution in [3.8, 4) is 0 Å². The van der Waals surface area contributed by atoms with Crippen LogP contribution in [0.25, 0.3) is 0 Å². The number of carboxylic acids is 1. The summed E-state index contributed by atoms with van der Waals surface area (Å²) in [6, 6.07) is 12.3. The van der Waals surface area contributed by atoms with E-state index >= 15 is 0 Å². The number of nitrogens with one attached hydrogen (secondary N) is 2. The molecule has 170 valence electrons. The number of carboxylic acid groups (broad SMARTS) is 1. The van der Waals surface area contributed by atoms with Crippen LogP contribution in [0.15, 0.2) is 47.4 Å². The lowest BCUT2D eigenvalue weighted by molar-refractivity contribution is -0.120. The molecule has 1 unspecified atom stereocenters. The summed E-state index contributed by atoms with van der Waals surface area (Å²) >= 11 is 1.43. The molecule has 1 atom stereocenters. The maximum Gasteiger partial charge on any atom is 0.335 e. The second-order valence-corrected chi connectivity index (χ2v) is 9.47. The fourth-order valence-corrected chi connectivity index (χ4v) is 4.86. The van der Waals surface area contributed by atoms with Crippen molar-refractivity contribution in [2.45, 2.75) is 62.5 Å². The Morgan fingerprint density at radius 2 is 1.81 bits per heavy atom. The third kappa shape index (κ3) is 6.36. The number of benzene rings is 2. The van der Waals surface area contributed by atoms with Crippen molar-refractivity contribution in [1.29, 1.82) is 0 Å². The summed E-state index contributed by atoms with van der Waals surface area (Å²) in [6.45, 7) is 3.76. The van der Waals surface area contributed by atoms with E-state index in [1.54, 1.807) is 6.07 Å². The van der Waals surface area contributed by atoms with E-state index in [1.807, 2.05) is 38.1 Å². The second-order valence-electron chi connectivity index (χ2n) is 8.19. The summed E-state index contributed by atoms with van der Waals surface area (Å²) in [5.74, 6) is -1.06. The number of aromatic carboxylic acids is 1. The second kappa shape index (κ2) is 11.2. The molecule has 1 saturated carbocycles. The summed E-state index contributed by atoms with van der Waals surface area (Å²) in [6.07, 6.45) is 5.91. The van der Waals surface area contributed by atoms with E-state index in [0.29, 0.717) is 12.1 Å². The van der Waals surface area contributed by atoms with Crippen LogP contribution in [0.2, 0.25) is 0 Å². The quantitative estimate of drug-likeness (QED) is 0.443. The zero-order chi connectivity index (χ0) is 23.1. The average molecular weight is 455 g/mol. The summed E-state index contributed by atoms with van der Waals surface area (Å²) < 4.78 is 0. The number of thioether (sulfide) groups is 1. The minimum absolute atomic E-state index is 0.0745. The van der Waals surface area contributed by atoms with E-state index in [2.05, 4.69) is 10.6 Å². The van der Waals surface area contributed by atoms with Crippen LogP contribution in [0, 0.1) is 12.8 Å². The van der Waals surface area contributed by atoms with Crippen LogP contribution < -0.4 is 10.6 Å². The van der Waals surface area contributed by atoms with Crippen LogP contribution in [0.1, 0.15) is 61.4 Å². The summed E-state index contributed by atoms with van der Waals surface area (Å²) in [7, 11) is 0. The molecular weight excluding hydrogens is 424 g/mol. The maximum absolute atomic E-state index is 12.9. The van der Waals surface area contributed by atoms with Crippen molar-refractivity contribution in [3.05, 3.63) is 53.6 Å². The molecule has 2 amide bonds. The van der Waals surface area contributed by atoms with Gasteiger partial charge in [0.25, 0.3) is 0 Å². The predicted octanol–water partition coefficient (Wildman–Crippen LogP) is 5.72. The van der Waals surface area contributed by atoms with Gasteiger partial charge in [-0.05, 0) is 62.1 Å². The lowest BCUT2D eigenvalue weighted by Gasteiger charge is -2.21. The van der Waals surface area contributed by atoms with Crippen LogP contribution in [0.5, 0.6) is 0 Å². The molecule has 0 heterocycles. The number of carbonyl (C=O) groups is 3. The Morgan fingerprint density at radius 3 is 2.50 bits per heavy atom. The van der Waals surface area contributed by atoms with Crippen LogP contribution >= 0.6 is 11.8 Å². The van der Waals surface area contributed by atoms with Gasteiger partial charge in [-0.1, -0.05) is 38.3 Å². The molecule has 0 radical (unpaired) electrons. The highest BCUT2D eigenvalue weighted by atomic mass is 32.2. The van der Waals surface area contributed by atoms with Crippen molar-refractivity contribution < 1.29 is 19.5 Å². The highest BCUT2D eigenvalue weighted by Crippen LogP contribution is 2.30. The van der Waals surface area contributed by atoms with Gasteiger partial charge >= 0.3 is 5.97 Å². The Balaban J connectivity index is 1.65. The first-order chi connectivity index (χ1) is 15.4. The smallest absolute Gasteiger partial charge is 0.335 e. The predicted molar refractivity (Wildman–Crippen MR) is 128 cm³/mol. The number of hydrogen-bond donors (Lipinski definition) is 3. The molecule has 2 aromatic carbocycles. The Labute approximate surface area is 193 Å². The third-order valence-electron chi connectivity index (χ3n) is 5.76. The average Bonchev–Trinajstić information content (AvgIpc) is 2.79. The van der Waals surface area contributed by atoms with E-state index in [1.165, 1.54) is 30.3 Å². The molecule has 0 spiro atoms. The summed E-state index contributed by atoms with van der Waals surface area (Å²) in [5.41, 5.74) is 2.18. The molecule has 7 heteroatoms. The number of anilines is 2. The molecule has 1 aliphatic rings. The highest BCUT2D eigenvalue weighted by molar-refractivity contribution is 8.00. The van der Waals surface area contributed by atoms with E-state index in [4.69, 9.17) is 0 Å². The lowest BCUT2D eigenvalue weighted by atomic mass is 9.88.